The molecule has 2 aromatic carbocycles. The second-order valence-corrected chi connectivity index (χ2v) is 4.60. The SMILES string of the molecule is O=C(Cl)Oc1ccc(-c2ccc(Br)cc2)cc1. The van der Waals surface area contributed by atoms with Crippen LogP contribution in [0.1, 0.15) is 0 Å². The van der Waals surface area contributed by atoms with Crippen molar-refractivity contribution in [3.63, 3.8) is 0 Å². The van der Waals surface area contributed by atoms with E-state index in [1.807, 2.05) is 36.4 Å². The molecular formula is C13H8BrClO2. The van der Waals surface area contributed by atoms with Gasteiger partial charge in [0.15, 0.2) is 0 Å². The molecule has 86 valence electrons. The molecule has 2 rings (SSSR count). The summed E-state index contributed by atoms with van der Waals surface area (Å²) in [5, 5.41) is 0. The summed E-state index contributed by atoms with van der Waals surface area (Å²) >= 11 is 8.50. The van der Waals surface area contributed by atoms with Crippen molar-refractivity contribution < 1.29 is 9.53 Å². The van der Waals surface area contributed by atoms with Crippen molar-refractivity contribution in [1.29, 1.82) is 0 Å². The Labute approximate surface area is 112 Å². The molecule has 0 saturated heterocycles. The number of carbonyl (C=O) groups excluding carboxylic acids is 1. The highest BCUT2D eigenvalue weighted by Gasteiger charge is 2.01. The Morgan fingerprint density at radius 2 is 1.41 bits per heavy atom. The number of hydrogen-bond acceptors (Lipinski definition) is 2. The van der Waals surface area contributed by atoms with Gasteiger partial charge in [-0.1, -0.05) is 40.2 Å². The quantitative estimate of drug-likeness (QED) is 0.741. The third-order valence-corrected chi connectivity index (χ3v) is 2.84. The van der Waals surface area contributed by atoms with E-state index in [9.17, 15) is 4.79 Å². The molecule has 0 aliphatic heterocycles. The molecule has 0 aromatic heterocycles. The monoisotopic (exact) mass is 310 g/mol. The average molecular weight is 312 g/mol. The Morgan fingerprint density at radius 3 is 1.88 bits per heavy atom. The fraction of sp³-hybridized carbons (Fsp3) is 0. The van der Waals surface area contributed by atoms with E-state index in [4.69, 9.17) is 16.3 Å². The Morgan fingerprint density at radius 1 is 0.941 bits per heavy atom. The summed E-state index contributed by atoms with van der Waals surface area (Å²) in [6.07, 6.45) is 0. The summed E-state index contributed by atoms with van der Waals surface area (Å²) in [5.74, 6) is 0.436. The highest BCUT2D eigenvalue weighted by Crippen LogP contribution is 2.24. The van der Waals surface area contributed by atoms with E-state index >= 15 is 0 Å². The number of rotatable bonds is 2. The van der Waals surface area contributed by atoms with Gasteiger partial charge in [-0.25, -0.2) is 4.79 Å². The van der Waals surface area contributed by atoms with Crippen LogP contribution in [0.5, 0.6) is 5.75 Å². The molecule has 0 atom stereocenters. The minimum Gasteiger partial charge on any atom is -0.415 e. The van der Waals surface area contributed by atoms with Crippen LogP contribution in [0.25, 0.3) is 11.1 Å². The Bertz CT molecular complexity index is 520. The van der Waals surface area contributed by atoms with Gasteiger partial charge in [-0.15, -0.1) is 0 Å². The highest BCUT2D eigenvalue weighted by molar-refractivity contribution is 9.10. The number of hydrogen-bond donors (Lipinski definition) is 0. The van der Waals surface area contributed by atoms with Crippen molar-refractivity contribution in [2.45, 2.75) is 0 Å². The number of carbonyl (C=O) groups is 1. The van der Waals surface area contributed by atoms with Gasteiger partial charge >= 0.3 is 5.43 Å². The first kappa shape index (κ1) is 12.1. The van der Waals surface area contributed by atoms with Gasteiger partial charge in [0.2, 0.25) is 0 Å². The van der Waals surface area contributed by atoms with Crippen molar-refractivity contribution in [2.24, 2.45) is 0 Å². The fourth-order valence-corrected chi connectivity index (χ4v) is 1.80. The smallest absolute Gasteiger partial charge is 0.409 e. The summed E-state index contributed by atoms with van der Waals surface area (Å²) in [5.41, 5.74) is 1.31. The second-order valence-electron chi connectivity index (χ2n) is 3.37. The van der Waals surface area contributed by atoms with Gasteiger partial charge in [-0.05, 0) is 35.4 Å². The van der Waals surface area contributed by atoms with Crippen LogP contribution in [0.15, 0.2) is 53.0 Å². The molecule has 0 radical (unpaired) electrons. The van der Waals surface area contributed by atoms with Crippen LogP contribution >= 0.6 is 27.5 Å². The predicted molar refractivity (Wildman–Crippen MR) is 71.5 cm³/mol. The van der Waals surface area contributed by atoms with Crippen molar-refractivity contribution in [2.75, 3.05) is 0 Å². The lowest BCUT2D eigenvalue weighted by atomic mass is 10.1. The van der Waals surface area contributed by atoms with Gasteiger partial charge in [0.1, 0.15) is 5.75 Å². The standard InChI is InChI=1S/C13H8BrClO2/c14-11-5-1-9(2-6-11)10-3-7-12(8-4-10)17-13(15)16/h1-8H. The van der Waals surface area contributed by atoms with Gasteiger partial charge in [0.05, 0.1) is 0 Å². The molecule has 0 saturated carbocycles. The number of benzene rings is 2. The fourth-order valence-electron chi connectivity index (χ4n) is 1.45. The maximum atomic E-state index is 10.5. The van der Waals surface area contributed by atoms with E-state index in [1.54, 1.807) is 12.1 Å². The highest BCUT2D eigenvalue weighted by atomic mass is 79.9. The van der Waals surface area contributed by atoms with Gasteiger partial charge < -0.3 is 4.74 Å². The van der Waals surface area contributed by atoms with Crippen LogP contribution in [0.2, 0.25) is 0 Å². The molecule has 0 fully saturated rings. The third-order valence-electron chi connectivity index (χ3n) is 2.23. The Kier molecular flexibility index (Phi) is 3.82. The normalized spacial score (nSPS) is 10.0. The lowest BCUT2D eigenvalue weighted by Gasteiger charge is -2.03. The minimum atomic E-state index is -0.832. The lowest BCUT2D eigenvalue weighted by molar-refractivity contribution is 0.225. The van der Waals surface area contributed by atoms with Crippen molar-refractivity contribution >= 4 is 33.0 Å². The second kappa shape index (κ2) is 5.34. The van der Waals surface area contributed by atoms with Crippen LogP contribution in [0.3, 0.4) is 0 Å². The zero-order chi connectivity index (χ0) is 12.3. The van der Waals surface area contributed by atoms with E-state index < -0.39 is 5.43 Å². The van der Waals surface area contributed by atoms with Gasteiger partial charge in [-0.3, -0.25) is 0 Å². The predicted octanol–water partition coefficient (Wildman–Crippen LogP) is 4.85. The minimum absolute atomic E-state index is 0.436. The van der Waals surface area contributed by atoms with Crippen molar-refractivity contribution in [3.05, 3.63) is 53.0 Å². The summed E-state index contributed by atoms with van der Waals surface area (Å²) in [7, 11) is 0. The van der Waals surface area contributed by atoms with Crippen molar-refractivity contribution in [3.8, 4) is 16.9 Å². The first-order valence-corrected chi connectivity index (χ1v) is 6.05. The zero-order valence-electron chi connectivity index (χ0n) is 8.69. The first-order valence-electron chi connectivity index (χ1n) is 4.88. The van der Waals surface area contributed by atoms with E-state index in [1.165, 1.54) is 0 Å². The van der Waals surface area contributed by atoms with Crippen LogP contribution in [0, 0.1) is 0 Å². The lowest BCUT2D eigenvalue weighted by Crippen LogP contribution is -1.95. The maximum absolute atomic E-state index is 10.5. The molecule has 4 heteroatoms. The topological polar surface area (TPSA) is 26.3 Å². The summed E-state index contributed by atoms with van der Waals surface area (Å²) in [6, 6.07) is 15.1. The maximum Gasteiger partial charge on any atom is 0.409 e. The van der Waals surface area contributed by atoms with E-state index in [0.29, 0.717) is 5.75 Å². The first-order chi connectivity index (χ1) is 8.15. The molecule has 0 N–H and O–H groups in total. The largest absolute Gasteiger partial charge is 0.415 e. The Hall–Kier alpha value is -1.32. The van der Waals surface area contributed by atoms with Crippen LogP contribution < -0.4 is 4.74 Å². The molecule has 0 aliphatic carbocycles. The van der Waals surface area contributed by atoms with Gasteiger partial charge in [0.25, 0.3) is 0 Å². The molecule has 17 heavy (non-hydrogen) atoms. The summed E-state index contributed by atoms with van der Waals surface area (Å²) in [6.45, 7) is 0. The Balaban J connectivity index is 2.23. The molecule has 0 unspecified atom stereocenters. The summed E-state index contributed by atoms with van der Waals surface area (Å²) < 4.78 is 5.78. The van der Waals surface area contributed by atoms with Crippen LogP contribution in [-0.4, -0.2) is 5.43 Å². The van der Waals surface area contributed by atoms with Crippen molar-refractivity contribution in [1.82, 2.24) is 0 Å². The molecule has 0 heterocycles. The molecule has 0 aliphatic rings. The van der Waals surface area contributed by atoms with Crippen LogP contribution in [-0.2, 0) is 0 Å². The van der Waals surface area contributed by atoms with E-state index in [-0.39, 0.29) is 0 Å². The molecule has 0 spiro atoms. The average Bonchev–Trinajstić information content (AvgIpc) is 2.30. The molecule has 2 nitrogen and oxygen atoms in total. The number of halogens is 2. The van der Waals surface area contributed by atoms with Crippen LogP contribution in [0.4, 0.5) is 4.79 Å². The summed E-state index contributed by atoms with van der Waals surface area (Å²) in [4.78, 5) is 10.5. The molecular weight excluding hydrogens is 303 g/mol. The molecule has 0 bridgehead atoms. The zero-order valence-corrected chi connectivity index (χ0v) is 11.0. The van der Waals surface area contributed by atoms with Gasteiger partial charge in [-0.2, -0.15) is 0 Å². The van der Waals surface area contributed by atoms with E-state index in [2.05, 4.69) is 15.9 Å². The van der Waals surface area contributed by atoms with Gasteiger partial charge in [0, 0.05) is 16.1 Å². The van der Waals surface area contributed by atoms with E-state index in [0.717, 1.165) is 15.6 Å². The molecule has 0 amide bonds. The molecule has 2 aromatic rings. The third kappa shape index (κ3) is 3.32. The number of ether oxygens (including phenoxy) is 1.